The number of imide groups is 1. The quantitative estimate of drug-likeness (QED) is 0.570. The minimum Gasteiger partial charge on any atom is -0.341 e. The third-order valence-corrected chi connectivity index (χ3v) is 6.13. The Balaban J connectivity index is 1.65. The highest BCUT2D eigenvalue weighted by atomic mass is 32.2. The Kier molecular flexibility index (Phi) is 6.13. The fourth-order valence-corrected chi connectivity index (χ4v) is 4.23. The molecule has 4 rings (SSSR count). The van der Waals surface area contributed by atoms with E-state index in [9.17, 15) is 9.59 Å². The summed E-state index contributed by atoms with van der Waals surface area (Å²) >= 11 is 1.31. The first-order chi connectivity index (χ1) is 14.7. The molecule has 2 N–H and O–H groups in total. The maximum Gasteiger partial charge on any atom is 0.321 e. The number of thioether (sulfide) groups is 1. The lowest BCUT2D eigenvalue weighted by Gasteiger charge is -2.17. The molecule has 1 atom stereocenters. The van der Waals surface area contributed by atoms with Crippen molar-refractivity contribution in [3.8, 4) is 0 Å². The van der Waals surface area contributed by atoms with Crippen LogP contribution in [0.5, 0.6) is 0 Å². The number of aromatic nitrogens is 3. The van der Waals surface area contributed by atoms with E-state index < -0.39 is 17.2 Å². The van der Waals surface area contributed by atoms with Crippen LogP contribution < -0.4 is 10.6 Å². The number of amides is 3. The van der Waals surface area contributed by atoms with E-state index in [1.54, 1.807) is 0 Å². The summed E-state index contributed by atoms with van der Waals surface area (Å²) in [5.74, 6) is 0.984. The SMILES string of the molecule is CNC(=O)NC(=O)[C@H](Sc1nnc(C2CC2)n1Cc1ccccc1)c1ccccc1. The Morgan fingerprint density at radius 2 is 1.73 bits per heavy atom. The zero-order valence-electron chi connectivity index (χ0n) is 16.6. The highest BCUT2D eigenvalue weighted by Crippen LogP contribution is 2.42. The smallest absolute Gasteiger partial charge is 0.321 e. The van der Waals surface area contributed by atoms with E-state index in [1.165, 1.54) is 18.8 Å². The standard InChI is InChI=1S/C22H23N5O2S/c1-23-21(29)24-20(28)18(16-10-6-3-7-11-16)30-22-26-25-19(17-12-13-17)27(22)14-15-8-4-2-5-9-15/h2-11,17-18H,12-14H2,1H3,(H2,23,24,28,29)/t18-/m1/s1. The van der Waals surface area contributed by atoms with Gasteiger partial charge in [0.15, 0.2) is 5.16 Å². The lowest BCUT2D eigenvalue weighted by Crippen LogP contribution is -2.39. The predicted molar refractivity (Wildman–Crippen MR) is 115 cm³/mol. The van der Waals surface area contributed by atoms with Gasteiger partial charge in [0.2, 0.25) is 5.91 Å². The molecule has 1 heterocycles. The topological polar surface area (TPSA) is 88.9 Å². The van der Waals surface area contributed by atoms with E-state index in [1.807, 2.05) is 48.5 Å². The van der Waals surface area contributed by atoms with Crippen molar-refractivity contribution in [3.05, 3.63) is 77.6 Å². The van der Waals surface area contributed by atoms with Crippen LogP contribution in [0.2, 0.25) is 0 Å². The number of carbonyl (C=O) groups is 2. The molecule has 1 aromatic heterocycles. The van der Waals surface area contributed by atoms with Crippen molar-refractivity contribution in [2.75, 3.05) is 7.05 Å². The maximum atomic E-state index is 12.9. The van der Waals surface area contributed by atoms with Crippen LogP contribution in [0.25, 0.3) is 0 Å². The number of nitrogens with zero attached hydrogens (tertiary/aromatic N) is 3. The first-order valence-corrected chi connectivity index (χ1v) is 10.7. The molecule has 154 valence electrons. The van der Waals surface area contributed by atoms with Gasteiger partial charge in [-0.25, -0.2) is 4.79 Å². The molecule has 0 bridgehead atoms. The first kappa shape index (κ1) is 20.2. The van der Waals surface area contributed by atoms with Crippen molar-refractivity contribution in [3.63, 3.8) is 0 Å². The molecule has 3 amide bonds. The predicted octanol–water partition coefficient (Wildman–Crippen LogP) is 3.49. The molecule has 30 heavy (non-hydrogen) atoms. The van der Waals surface area contributed by atoms with Gasteiger partial charge in [-0.3, -0.25) is 10.1 Å². The molecule has 1 fully saturated rings. The van der Waals surface area contributed by atoms with Gasteiger partial charge in [0, 0.05) is 13.0 Å². The van der Waals surface area contributed by atoms with Crippen LogP contribution in [-0.2, 0) is 11.3 Å². The minimum absolute atomic E-state index is 0.396. The average Bonchev–Trinajstić information content (AvgIpc) is 3.55. The molecule has 0 radical (unpaired) electrons. The van der Waals surface area contributed by atoms with E-state index in [0.717, 1.165) is 29.8 Å². The molecule has 2 aromatic carbocycles. The Morgan fingerprint density at radius 1 is 1.07 bits per heavy atom. The number of carbonyl (C=O) groups excluding carboxylic acids is 2. The molecule has 0 spiro atoms. The third-order valence-electron chi connectivity index (χ3n) is 4.90. The fourth-order valence-electron chi connectivity index (χ4n) is 3.19. The van der Waals surface area contributed by atoms with Gasteiger partial charge in [-0.15, -0.1) is 10.2 Å². The summed E-state index contributed by atoms with van der Waals surface area (Å²) in [5.41, 5.74) is 1.94. The molecule has 1 aliphatic carbocycles. The van der Waals surface area contributed by atoms with E-state index in [-0.39, 0.29) is 0 Å². The molecule has 0 unspecified atom stereocenters. The van der Waals surface area contributed by atoms with Crippen molar-refractivity contribution < 1.29 is 9.59 Å². The van der Waals surface area contributed by atoms with Gasteiger partial charge in [0.05, 0.1) is 6.54 Å². The van der Waals surface area contributed by atoms with Crippen LogP contribution in [-0.4, -0.2) is 33.8 Å². The highest BCUT2D eigenvalue weighted by Gasteiger charge is 2.32. The zero-order valence-corrected chi connectivity index (χ0v) is 17.4. The van der Waals surface area contributed by atoms with Gasteiger partial charge < -0.3 is 9.88 Å². The second kappa shape index (κ2) is 9.13. The summed E-state index contributed by atoms with van der Waals surface area (Å²) in [4.78, 5) is 24.6. The molecule has 7 nitrogen and oxygen atoms in total. The van der Waals surface area contributed by atoms with Gasteiger partial charge >= 0.3 is 6.03 Å². The van der Waals surface area contributed by atoms with Gasteiger partial charge in [0.1, 0.15) is 11.1 Å². The van der Waals surface area contributed by atoms with Crippen molar-refractivity contribution in [2.24, 2.45) is 0 Å². The molecule has 1 aliphatic rings. The Labute approximate surface area is 179 Å². The molecule has 8 heteroatoms. The van der Waals surface area contributed by atoms with Gasteiger partial charge in [-0.05, 0) is 24.0 Å². The maximum absolute atomic E-state index is 12.9. The molecule has 0 saturated heterocycles. The summed E-state index contributed by atoms with van der Waals surface area (Å²) in [6.45, 7) is 0.639. The minimum atomic E-state index is -0.630. The normalized spacial score (nSPS) is 14.2. The largest absolute Gasteiger partial charge is 0.341 e. The van der Waals surface area contributed by atoms with Gasteiger partial charge in [0.25, 0.3) is 0 Å². The molecular weight excluding hydrogens is 398 g/mol. The van der Waals surface area contributed by atoms with Crippen LogP contribution in [0.15, 0.2) is 65.8 Å². The number of hydrogen-bond acceptors (Lipinski definition) is 5. The number of benzene rings is 2. The Hall–Kier alpha value is -3.13. The van der Waals surface area contributed by atoms with E-state index in [4.69, 9.17) is 0 Å². The van der Waals surface area contributed by atoms with Gasteiger partial charge in [-0.1, -0.05) is 72.4 Å². The van der Waals surface area contributed by atoms with E-state index >= 15 is 0 Å². The second-order valence-electron chi connectivity index (χ2n) is 7.16. The molecule has 0 aliphatic heterocycles. The number of hydrogen-bond donors (Lipinski definition) is 2. The zero-order chi connectivity index (χ0) is 20.9. The monoisotopic (exact) mass is 421 g/mol. The Bertz CT molecular complexity index is 1020. The van der Waals surface area contributed by atoms with E-state index in [0.29, 0.717) is 17.6 Å². The summed E-state index contributed by atoms with van der Waals surface area (Å²) in [6, 6.07) is 19.0. The van der Waals surface area contributed by atoms with Crippen LogP contribution in [0.4, 0.5) is 4.79 Å². The first-order valence-electron chi connectivity index (χ1n) is 9.87. The summed E-state index contributed by atoms with van der Waals surface area (Å²) < 4.78 is 2.10. The summed E-state index contributed by atoms with van der Waals surface area (Å²) in [6.07, 6.45) is 2.22. The highest BCUT2D eigenvalue weighted by molar-refractivity contribution is 8.00. The lowest BCUT2D eigenvalue weighted by atomic mass is 10.1. The summed E-state index contributed by atoms with van der Waals surface area (Å²) in [5, 5.41) is 13.7. The fraction of sp³-hybridized carbons (Fsp3) is 0.273. The van der Waals surface area contributed by atoms with Crippen molar-refractivity contribution in [1.82, 2.24) is 25.4 Å². The molecule has 3 aromatic rings. The number of urea groups is 1. The summed E-state index contributed by atoms with van der Waals surface area (Å²) in [7, 11) is 1.48. The number of rotatable bonds is 7. The Morgan fingerprint density at radius 3 is 2.37 bits per heavy atom. The van der Waals surface area contributed by atoms with Crippen LogP contribution >= 0.6 is 11.8 Å². The van der Waals surface area contributed by atoms with Crippen LogP contribution in [0.1, 0.15) is 41.0 Å². The van der Waals surface area contributed by atoms with E-state index in [2.05, 4.69) is 37.5 Å². The number of nitrogens with one attached hydrogen (secondary N) is 2. The second-order valence-corrected chi connectivity index (χ2v) is 8.24. The molecule has 1 saturated carbocycles. The van der Waals surface area contributed by atoms with Crippen molar-refractivity contribution >= 4 is 23.7 Å². The van der Waals surface area contributed by atoms with Crippen LogP contribution in [0.3, 0.4) is 0 Å². The molecular formula is C22H23N5O2S. The van der Waals surface area contributed by atoms with Gasteiger partial charge in [-0.2, -0.15) is 0 Å². The average molecular weight is 422 g/mol. The van der Waals surface area contributed by atoms with Crippen molar-refractivity contribution in [1.29, 1.82) is 0 Å². The van der Waals surface area contributed by atoms with Crippen LogP contribution in [0, 0.1) is 0 Å². The lowest BCUT2D eigenvalue weighted by molar-refractivity contribution is -0.119. The third kappa shape index (κ3) is 4.71. The van der Waals surface area contributed by atoms with Crippen molar-refractivity contribution in [2.45, 2.75) is 35.7 Å².